The summed E-state index contributed by atoms with van der Waals surface area (Å²) in [6, 6.07) is 0.617. The SMILES string of the molecule is COC1CCCCC1NCC1CCCC(C)C1. The second-order valence-electron chi connectivity index (χ2n) is 6.21. The van der Waals surface area contributed by atoms with Gasteiger partial charge in [-0.1, -0.05) is 32.6 Å². The maximum atomic E-state index is 5.60. The molecule has 0 amide bonds. The molecule has 4 unspecified atom stereocenters. The molecule has 0 aliphatic heterocycles. The quantitative estimate of drug-likeness (QED) is 0.812. The smallest absolute Gasteiger partial charge is 0.0724 e. The Morgan fingerprint density at radius 2 is 1.88 bits per heavy atom. The van der Waals surface area contributed by atoms with Gasteiger partial charge in [-0.25, -0.2) is 0 Å². The highest BCUT2D eigenvalue weighted by Crippen LogP contribution is 2.28. The van der Waals surface area contributed by atoms with E-state index >= 15 is 0 Å². The van der Waals surface area contributed by atoms with Crippen molar-refractivity contribution >= 4 is 0 Å². The van der Waals surface area contributed by atoms with Gasteiger partial charge >= 0.3 is 0 Å². The van der Waals surface area contributed by atoms with Crippen molar-refractivity contribution in [1.29, 1.82) is 0 Å². The summed E-state index contributed by atoms with van der Waals surface area (Å²) < 4.78 is 5.60. The van der Waals surface area contributed by atoms with E-state index in [0.717, 1.165) is 11.8 Å². The van der Waals surface area contributed by atoms with Crippen molar-refractivity contribution in [2.75, 3.05) is 13.7 Å². The molecule has 4 atom stereocenters. The zero-order chi connectivity index (χ0) is 12.1. The van der Waals surface area contributed by atoms with Crippen LogP contribution in [0.1, 0.15) is 58.3 Å². The summed E-state index contributed by atoms with van der Waals surface area (Å²) in [4.78, 5) is 0. The zero-order valence-electron chi connectivity index (χ0n) is 11.6. The van der Waals surface area contributed by atoms with Gasteiger partial charge in [0.1, 0.15) is 0 Å². The maximum absolute atomic E-state index is 5.60. The molecule has 2 aliphatic carbocycles. The van der Waals surface area contributed by atoms with Crippen LogP contribution in [0.25, 0.3) is 0 Å². The van der Waals surface area contributed by atoms with E-state index in [0.29, 0.717) is 12.1 Å². The molecule has 2 fully saturated rings. The molecule has 2 heteroatoms. The molecule has 0 heterocycles. The molecule has 0 aromatic carbocycles. The Morgan fingerprint density at radius 3 is 2.65 bits per heavy atom. The molecule has 2 rings (SSSR count). The fraction of sp³-hybridized carbons (Fsp3) is 1.00. The van der Waals surface area contributed by atoms with Crippen LogP contribution in [0.15, 0.2) is 0 Å². The summed E-state index contributed by atoms with van der Waals surface area (Å²) in [7, 11) is 1.87. The van der Waals surface area contributed by atoms with Crippen molar-refractivity contribution in [1.82, 2.24) is 5.32 Å². The van der Waals surface area contributed by atoms with Crippen molar-refractivity contribution in [3.8, 4) is 0 Å². The van der Waals surface area contributed by atoms with E-state index < -0.39 is 0 Å². The minimum Gasteiger partial charge on any atom is -0.380 e. The van der Waals surface area contributed by atoms with Gasteiger partial charge in [-0.3, -0.25) is 0 Å². The lowest BCUT2D eigenvalue weighted by molar-refractivity contribution is 0.0395. The molecule has 17 heavy (non-hydrogen) atoms. The minimum absolute atomic E-state index is 0.463. The first-order chi connectivity index (χ1) is 8.29. The van der Waals surface area contributed by atoms with Crippen LogP contribution in [0.3, 0.4) is 0 Å². The second-order valence-corrected chi connectivity index (χ2v) is 6.21. The van der Waals surface area contributed by atoms with Gasteiger partial charge in [0.25, 0.3) is 0 Å². The highest BCUT2D eigenvalue weighted by molar-refractivity contribution is 4.83. The van der Waals surface area contributed by atoms with E-state index in [1.165, 1.54) is 57.9 Å². The fourth-order valence-corrected chi connectivity index (χ4v) is 3.68. The number of hydrogen-bond acceptors (Lipinski definition) is 2. The van der Waals surface area contributed by atoms with Gasteiger partial charge in [-0.2, -0.15) is 0 Å². The number of nitrogens with one attached hydrogen (secondary N) is 1. The molecule has 0 aromatic rings. The number of rotatable bonds is 4. The van der Waals surface area contributed by atoms with E-state index in [1.54, 1.807) is 0 Å². The van der Waals surface area contributed by atoms with Crippen LogP contribution >= 0.6 is 0 Å². The molecule has 0 spiro atoms. The van der Waals surface area contributed by atoms with Gasteiger partial charge in [0, 0.05) is 13.2 Å². The van der Waals surface area contributed by atoms with Crippen molar-refractivity contribution in [2.45, 2.75) is 70.4 Å². The monoisotopic (exact) mass is 239 g/mol. The first-order valence-corrected chi connectivity index (χ1v) is 7.55. The summed E-state index contributed by atoms with van der Waals surface area (Å²) in [5, 5.41) is 3.79. The van der Waals surface area contributed by atoms with E-state index in [2.05, 4.69) is 12.2 Å². The lowest BCUT2D eigenvalue weighted by Crippen LogP contribution is -2.45. The van der Waals surface area contributed by atoms with Crippen LogP contribution in [0, 0.1) is 11.8 Å². The van der Waals surface area contributed by atoms with Crippen LogP contribution in [0.4, 0.5) is 0 Å². The van der Waals surface area contributed by atoms with Crippen molar-refractivity contribution in [3.05, 3.63) is 0 Å². The third-order valence-corrected chi connectivity index (χ3v) is 4.72. The summed E-state index contributed by atoms with van der Waals surface area (Å²) in [5.41, 5.74) is 0. The molecule has 2 aliphatic rings. The molecule has 2 nitrogen and oxygen atoms in total. The first kappa shape index (κ1) is 13.4. The molecule has 0 radical (unpaired) electrons. The molecule has 0 aromatic heterocycles. The van der Waals surface area contributed by atoms with Crippen molar-refractivity contribution < 1.29 is 4.74 Å². The Bertz CT molecular complexity index is 219. The number of hydrogen-bond donors (Lipinski definition) is 1. The largest absolute Gasteiger partial charge is 0.380 e. The van der Waals surface area contributed by atoms with E-state index in [1.807, 2.05) is 7.11 Å². The molecule has 2 saturated carbocycles. The zero-order valence-corrected chi connectivity index (χ0v) is 11.6. The van der Waals surface area contributed by atoms with Crippen molar-refractivity contribution in [3.63, 3.8) is 0 Å². The van der Waals surface area contributed by atoms with Crippen LogP contribution in [0.2, 0.25) is 0 Å². The predicted octanol–water partition coefficient (Wildman–Crippen LogP) is 3.36. The molecular formula is C15H29NO. The summed E-state index contributed by atoms with van der Waals surface area (Å²) in [6.07, 6.45) is 11.5. The third kappa shape index (κ3) is 3.96. The average Bonchev–Trinajstić information content (AvgIpc) is 2.37. The fourth-order valence-electron chi connectivity index (χ4n) is 3.68. The topological polar surface area (TPSA) is 21.3 Å². The van der Waals surface area contributed by atoms with E-state index in [-0.39, 0.29) is 0 Å². The van der Waals surface area contributed by atoms with Gasteiger partial charge < -0.3 is 10.1 Å². The summed E-state index contributed by atoms with van der Waals surface area (Å²) >= 11 is 0. The minimum atomic E-state index is 0.463. The lowest BCUT2D eigenvalue weighted by atomic mass is 9.82. The first-order valence-electron chi connectivity index (χ1n) is 7.55. The molecule has 0 bridgehead atoms. The molecule has 0 saturated heterocycles. The highest BCUT2D eigenvalue weighted by atomic mass is 16.5. The van der Waals surface area contributed by atoms with Gasteiger partial charge in [0.2, 0.25) is 0 Å². The van der Waals surface area contributed by atoms with Crippen LogP contribution < -0.4 is 5.32 Å². The van der Waals surface area contributed by atoms with Gasteiger partial charge in [-0.15, -0.1) is 0 Å². The second kappa shape index (κ2) is 6.75. The Morgan fingerprint density at radius 1 is 1.06 bits per heavy atom. The molecule has 100 valence electrons. The molecular weight excluding hydrogens is 210 g/mol. The normalized spacial score (nSPS) is 39.2. The Labute approximate surface area is 107 Å². The average molecular weight is 239 g/mol. The highest BCUT2D eigenvalue weighted by Gasteiger charge is 2.26. The Hall–Kier alpha value is -0.0800. The van der Waals surface area contributed by atoms with Gasteiger partial charge in [-0.05, 0) is 44.1 Å². The standard InChI is InChI=1S/C15H29NO/c1-12-6-5-7-13(10-12)11-16-14-8-3-4-9-15(14)17-2/h12-16H,3-11H2,1-2H3. The number of methoxy groups -OCH3 is 1. The van der Waals surface area contributed by atoms with Crippen LogP contribution in [-0.4, -0.2) is 25.8 Å². The Kier molecular flexibility index (Phi) is 5.30. The van der Waals surface area contributed by atoms with Gasteiger partial charge in [0.05, 0.1) is 6.10 Å². The van der Waals surface area contributed by atoms with Crippen molar-refractivity contribution in [2.24, 2.45) is 11.8 Å². The molecule has 1 N–H and O–H groups in total. The predicted molar refractivity (Wildman–Crippen MR) is 72.2 cm³/mol. The summed E-state index contributed by atoms with van der Waals surface area (Å²) in [6.45, 7) is 3.62. The van der Waals surface area contributed by atoms with E-state index in [9.17, 15) is 0 Å². The van der Waals surface area contributed by atoms with Gasteiger partial charge in [0.15, 0.2) is 0 Å². The van der Waals surface area contributed by atoms with Crippen LogP contribution in [0.5, 0.6) is 0 Å². The third-order valence-electron chi connectivity index (χ3n) is 4.72. The maximum Gasteiger partial charge on any atom is 0.0724 e. The number of ether oxygens (including phenoxy) is 1. The van der Waals surface area contributed by atoms with Crippen LogP contribution in [-0.2, 0) is 4.74 Å². The summed E-state index contributed by atoms with van der Waals surface area (Å²) in [5.74, 6) is 1.86. The lowest BCUT2D eigenvalue weighted by Gasteiger charge is -2.34. The Balaban J connectivity index is 1.72. The van der Waals surface area contributed by atoms with E-state index in [4.69, 9.17) is 4.74 Å².